The Hall–Kier alpha value is -5.39. The average Bonchev–Trinajstić information content (AvgIpc) is 2.99. The van der Waals surface area contributed by atoms with Gasteiger partial charge in [0, 0.05) is 5.70 Å². The van der Waals surface area contributed by atoms with E-state index < -0.39 is 23.9 Å². The van der Waals surface area contributed by atoms with Gasteiger partial charge in [-0.2, -0.15) is 5.10 Å². The van der Waals surface area contributed by atoms with Crippen molar-refractivity contribution < 1.29 is 37.7 Å². The Labute approximate surface area is 241 Å². The van der Waals surface area contributed by atoms with Crippen LogP contribution in [0.3, 0.4) is 0 Å². The third kappa shape index (κ3) is 7.62. The number of hydrogen-bond acceptors (Lipinski definition) is 8. The smallest absolute Gasteiger partial charge is 0.337 e. The highest BCUT2D eigenvalue weighted by atomic mass is 19.1. The molecule has 0 aromatic heterocycles. The maximum absolute atomic E-state index is 13.0. The molecule has 12 heteroatoms. The molecule has 218 valence electrons. The minimum Gasteiger partial charge on any atom is -0.493 e. The number of urea groups is 1. The lowest BCUT2D eigenvalue weighted by atomic mass is 9.95. The summed E-state index contributed by atoms with van der Waals surface area (Å²) in [5, 5.41) is 9.20. The number of nitrogens with one attached hydrogen (secondary N) is 3. The van der Waals surface area contributed by atoms with E-state index >= 15 is 0 Å². The van der Waals surface area contributed by atoms with Crippen LogP contribution in [0.4, 0.5) is 9.18 Å². The summed E-state index contributed by atoms with van der Waals surface area (Å²) in [5.41, 5.74) is 5.13. The van der Waals surface area contributed by atoms with E-state index in [4.69, 9.17) is 18.9 Å². The van der Waals surface area contributed by atoms with Gasteiger partial charge in [-0.25, -0.2) is 19.4 Å². The Morgan fingerprint density at radius 2 is 1.74 bits per heavy atom. The minimum absolute atomic E-state index is 0.247. The van der Waals surface area contributed by atoms with Crippen LogP contribution in [-0.4, -0.2) is 44.9 Å². The fourth-order valence-corrected chi connectivity index (χ4v) is 4.06. The van der Waals surface area contributed by atoms with Gasteiger partial charge in [0.15, 0.2) is 18.1 Å². The summed E-state index contributed by atoms with van der Waals surface area (Å²) in [5.74, 6) is -0.201. The summed E-state index contributed by atoms with van der Waals surface area (Å²) in [6.07, 6.45) is 1.47. The molecule has 0 spiro atoms. The molecule has 0 aliphatic carbocycles. The third-order valence-electron chi connectivity index (χ3n) is 6.16. The zero-order chi connectivity index (χ0) is 30.1. The summed E-state index contributed by atoms with van der Waals surface area (Å²) < 4.78 is 34.6. The van der Waals surface area contributed by atoms with Gasteiger partial charge in [-0.15, -0.1) is 0 Å². The molecule has 3 aromatic rings. The number of ether oxygens (including phenoxy) is 4. The summed E-state index contributed by atoms with van der Waals surface area (Å²) in [6, 6.07) is 16.7. The van der Waals surface area contributed by atoms with E-state index in [9.17, 15) is 18.8 Å². The topological polar surface area (TPSA) is 137 Å². The quantitative estimate of drug-likeness (QED) is 0.180. The molecule has 4 rings (SSSR count). The summed E-state index contributed by atoms with van der Waals surface area (Å²) >= 11 is 0. The number of amides is 3. The SMILES string of the molecule is COC(=O)C1=C(C)NC(=O)N[C@H]1c1ccc(OCC(=O)N/N=C\c2ccc(OCc3ccc(F)cc3)cc2)c(OC)c1. The molecule has 0 saturated heterocycles. The number of halogens is 1. The molecule has 1 aliphatic heterocycles. The van der Waals surface area contributed by atoms with E-state index in [1.807, 2.05) is 0 Å². The Bertz CT molecular complexity index is 1510. The van der Waals surface area contributed by atoms with E-state index in [0.29, 0.717) is 29.4 Å². The molecule has 1 heterocycles. The lowest BCUT2D eigenvalue weighted by molar-refractivity contribution is -0.136. The average molecular weight is 577 g/mol. The molecule has 42 heavy (non-hydrogen) atoms. The van der Waals surface area contributed by atoms with Crippen LogP contribution in [0.25, 0.3) is 0 Å². The van der Waals surface area contributed by atoms with Crippen LogP contribution in [0.15, 0.2) is 83.1 Å². The van der Waals surface area contributed by atoms with E-state index in [2.05, 4.69) is 21.2 Å². The van der Waals surface area contributed by atoms with Gasteiger partial charge in [-0.1, -0.05) is 18.2 Å². The zero-order valence-electron chi connectivity index (χ0n) is 23.1. The first-order valence-electron chi connectivity index (χ1n) is 12.7. The van der Waals surface area contributed by atoms with Crippen LogP contribution in [0.5, 0.6) is 17.2 Å². The number of allylic oxidation sites excluding steroid dienone is 1. The number of methoxy groups -OCH3 is 2. The highest BCUT2D eigenvalue weighted by Crippen LogP contribution is 2.34. The molecule has 0 radical (unpaired) electrons. The third-order valence-corrected chi connectivity index (χ3v) is 6.16. The Kier molecular flexibility index (Phi) is 9.72. The van der Waals surface area contributed by atoms with Gasteiger partial charge in [0.1, 0.15) is 18.2 Å². The van der Waals surface area contributed by atoms with Crippen LogP contribution in [0.2, 0.25) is 0 Å². The number of hydrazone groups is 1. The molecule has 0 unspecified atom stereocenters. The zero-order valence-corrected chi connectivity index (χ0v) is 23.1. The molecule has 0 fully saturated rings. The minimum atomic E-state index is -0.776. The second kappa shape index (κ2) is 13.8. The van der Waals surface area contributed by atoms with Crippen molar-refractivity contribution >= 4 is 24.1 Å². The number of esters is 1. The molecule has 0 bridgehead atoms. The number of nitrogens with zero attached hydrogens (tertiary/aromatic N) is 1. The Morgan fingerprint density at radius 3 is 2.43 bits per heavy atom. The summed E-state index contributed by atoms with van der Waals surface area (Å²) in [4.78, 5) is 36.7. The van der Waals surface area contributed by atoms with Crippen LogP contribution < -0.4 is 30.3 Å². The number of rotatable bonds is 11. The largest absolute Gasteiger partial charge is 0.493 e. The van der Waals surface area contributed by atoms with Gasteiger partial charge >= 0.3 is 12.0 Å². The van der Waals surface area contributed by atoms with Gasteiger partial charge in [-0.05, 0) is 72.1 Å². The summed E-state index contributed by atoms with van der Waals surface area (Å²) in [7, 11) is 2.69. The fraction of sp³-hybridized carbons (Fsp3) is 0.200. The highest BCUT2D eigenvalue weighted by molar-refractivity contribution is 5.95. The number of hydrogen-bond donors (Lipinski definition) is 3. The predicted molar refractivity (Wildman–Crippen MR) is 151 cm³/mol. The lowest BCUT2D eigenvalue weighted by Gasteiger charge is -2.28. The standard InChI is InChI=1S/C30H29FN4O7/c1-18-27(29(37)40-3)28(34-30(38)33-18)21-8-13-24(25(14-21)39-2)42-17-26(36)35-32-15-19-6-11-23(12-7-19)41-16-20-4-9-22(31)10-5-20/h4-15,28H,16-17H2,1-3H3,(H,35,36)(H2,33,34,38)/b32-15-/t28-/m0/s1. The highest BCUT2D eigenvalue weighted by Gasteiger charge is 2.32. The van der Waals surface area contributed by atoms with Gasteiger partial charge in [0.05, 0.1) is 32.0 Å². The van der Waals surface area contributed by atoms with Crippen molar-refractivity contribution in [1.82, 2.24) is 16.1 Å². The first-order valence-corrected chi connectivity index (χ1v) is 12.7. The Balaban J connectivity index is 1.30. The Morgan fingerprint density at radius 1 is 1.00 bits per heavy atom. The number of carbonyl (C=O) groups excluding carboxylic acids is 3. The fourth-order valence-electron chi connectivity index (χ4n) is 4.06. The van der Waals surface area contributed by atoms with Gasteiger partial charge in [0.25, 0.3) is 5.91 Å². The molecule has 0 saturated carbocycles. The molecular weight excluding hydrogens is 547 g/mol. The molecule has 1 atom stereocenters. The second-order valence-electron chi connectivity index (χ2n) is 9.04. The van der Waals surface area contributed by atoms with Gasteiger partial charge in [0.2, 0.25) is 0 Å². The lowest BCUT2D eigenvalue weighted by Crippen LogP contribution is -2.45. The molecule has 1 aliphatic rings. The van der Waals surface area contributed by atoms with E-state index in [0.717, 1.165) is 11.1 Å². The van der Waals surface area contributed by atoms with Crippen molar-refractivity contribution in [3.63, 3.8) is 0 Å². The molecule has 3 aromatic carbocycles. The van der Waals surface area contributed by atoms with Crippen molar-refractivity contribution in [3.8, 4) is 17.2 Å². The van der Waals surface area contributed by atoms with Crippen molar-refractivity contribution in [2.24, 2.45) is 5.10 Å². The van der Waals surface area contributed by atoms with Crippen LogP contribution >= 0.6 is 0 Å². The van der Waals surface area contributed by atoms with E-state index in [1.165, 1.54) is 32.6 Å². The van der Waals surface area contributed by atoms with Crippen molar-refractivity contribution in [3.05, 3.63) is 101 Å². The maximum Gasteiger partial charge on any atom is 0.337 e. The van der Waals surface area contributed by atoms with Crippen LogP contribution in [0, 0.1) is 5.82 Å². The van der Waals surface area contributed by atoms with Crippen molar-refractivity contribution in [2.45, 2.75) is 19.6 Å². The molecule has 3 N–H and O–H groups in total. The molecule has 3 amide bonds. The maximum atomic E-state index is 13.0. The first kappa shape index (κ1) is 29.6. The number of benzene rings is 3. The van der Waals surface area contributed by atoms with E-state index in [-0.39, 0.29) is 23.7 Å². The van der Waals surface area contributed by atoms with Gasteiger partial charge in [-0.3, -0.25) is 4.79 Å². The first-order chi connectivity index (χ1) is 20.3. The monoisotopic (exact) mass is 576 g/mol. The summed E-state index contributed by atoms with van der Waals surface area (Å²) in [6.45, 7) is 1.56. The number of carbonyl (C=O) groups is 3. The predicted octanol–water partition coefficient (Wildman–Crippen LogP) is 3.74. The van der Waals surface area contributed by atoms with Gasteiger partial charge < -0.3 is 29.6 Å². The second-order valence-corrected chi connectivity index (χ2v) is 9.04. The van der Waals surface area contributed by atoms with Crippen LogP contribution in [0.1, 0.15) is 29.7 Å². The normalized spacial score (nSPS) is 14.6. The van der Waals surface area contributed by atoms with E-state index in [1.54, 1.807) is 61.5 Å². The van der Waals surface area contributed by atoms with Crippen molar-refractivity contribution in [1.29, 1.82) is 0 Å². The van der Waals surface area contributed by atoms with Crippen LogP contribution in [-0.2, 0) is 20.9 Å². The molecule has 11 nitrogen and oxygen atoms in total. The molecular formula is C30H29FN4O7. The van der Waals surface area contributed by atoms with Crippen molar-refractivity contribution in [2.75, 3.05) is 20.8 Å².